The summed E-state index contributed by atoms with van der Waals surface area (Å²) in [5.74, 6) is 1.10. The first-order valence-electron chi connectivity index (χ1n) is 4.10. The molecule has 2 nitrogen and oxygen atoms in total. The number of hydrogen-bond donors (Lipinski definition) is 1. The quantitative estimate of drug-likeness (QED) is 0.648. The van der Waals surface area contributed by atoms with Crippen LogP contribution in [0.4, 0.5) is 0 Å². The molecule has 3 heteroatoms. The minimum absolute atomic E-state index is 0.211. The Bertz CT molecular complexity index is 149. The molecule has 64 valence electrons. The van der Waals surface area contributed by atoms with Crippen LogP contribution in [-0.4, -0.2) is 17.8 Å². The van der Waals surface area contributed by atoms with Gasteiger partial charge < -0.3 is 5.32 Å². The van der Waals surface area contributed by atoms with Gasteiger partial charge in [0.15, 0.2) is 0 Å². The van der Waals surface area contributed by atoms with Crippen molar-refractivity contribution in [2.45, 2.75) is 32.2 Å². The van der Waals surface area contributed by atoms with Gasteiger partial charge >= 0.3 is 0 Å². The number of carbonyl (C=O) groups excluding carboxylic acids is 1. The highest BCUT2D eigenvalue weighted by Crippen LogP contribution is 2.20. The van der Waals surface area contributed by atoms with Gasteiger partial charge in [-0.2, -0.15) is 0 Å². The zero-order valence-electron chi connectivity index (χ0n) is 6.77. The standard InChI is InChI=1S/C8H14ClNO/c1-6-5-7(3-2-4-9)8(11)10-6/h6-7H,2-5H2,1H3,(H,10,11)/t6-,7+/m0/s1. The van der Waals surface area contributed by atoms with Crippen LogP contribution in [0.3, 0.4) is 0 Å². The molecule has 0 aromatic heterocycles. The van der Waals surface area contributed by atoms with Crippen LogP contribution in [-0.2, 0) is 4.79 Å². The first-order chi connectivity index (χ1) is 5.24. The summed E-state index contributed by atoms with van der Waals surface area (Å²) in [5.41, 5.74) is 0. The third-order valence-electron chi connectivity index (χ3n) is 2.08. The number of alkyl halides is 1. The maximum atomic E-state index is 11.1. The topological polar surface area (TPSA) is 29.1 Å². The third kappa shape index (κ3) is 2.37. The fourth-order valence-electron chi connectivity index (χ4n) is 1.53. The Hall–Kier alpha value is -0.240. The summed E-state index contributed by atoms with van der Waals surface area (Å²) in [7, 11) is 0. The van der Waals surface area contributed by atoms with Gasteiger partial charge in [0.05, 0.1) is 0 Å². The van der Waals surface area contributed by atoms with E-state index in [1.54, 1.807) is 0 Å². The maximum Gasteiger partial charge on any atom is 0.223 e. The molecular weight excluding hydrogens is 162 g/mol. The zero-order valence-corrected chi connectivity index (χ0v) is 7.53. The van der Waals surface area contributed by atoms with Crippen LogP contribution in [0.2, 0.25) is 0 Å². The molecule has 1 aliphatic rings. The highest BCUT2D eigenvalue weighted by atomic mass is 35.5. The lowest BCUT2D eigenvalue weighted by molar-refractivity contribution is -0.122. The number of hydrogen-bond acceptors (Lipinski definition) is 1. The third-order valence-corrected chi connectivity index (χ3v) is 2.35. The summed E-state index contributed by atoms with van der Waals surface area (Å²) >= 11 is 5.53. The first kappa shape index (κ1) is 8.85. The van der Waals surface area contributed by atoms with Crippen molar-refractivity contribution in [2.24, 2.45) is 5.92 Å². The average molecular weight is 176 g/mol. The van der Waals surface area contributed by atoms with E-state index >= 15 is 0 Å². The minimum Gasteiger partial charge on any atom is -0.353 e. The van der Waals surface area contributed by atoms with Crippen LogP contribution in [0, 0.1) is 5.92 Å². The zero-order chi connectivity index (χ0) is 8.27. The van der Waals surface area contributed by atoms with Gasteiger partial charge in [0, 0.05) is 17.8 Å². The SMILES string of the molecule is C[C@H]1C[C@@H](CCCCl)C(=O)N1. The number of nitrogens with one attached hydrogen (secondary N) is 1. The number of halogens is 1. The highest BCUT2D eigenvalue weighted by Gasteiger charge is 2.28. The largest absolute Gasteiger partial charge is 0.353 e. The molecule has 0 unspecified atom stereocenters. The second kappa shape index (κ2) is 3.96. The number of amides is 1. The van der Waals surface area contributed by atoms with Gasteiger partial charge in [0.1, 0.15) is 0 Å². The Morgan fingerprint density at radius 3 is 2.91 bits per heavy atom. The molecule has 1 amide bonds. The monoisotopic (exact) mass is 175 g/mol. The molecule has 2 atom stereocenters. The fraction of sp³-hybridized carbons (Fsp3) is 0.875. The van der Waals surface area contributed by atoms with Crippen LogP contribution in [0.1, 0.15) is 26.2 Å². The van der Waals surface area contributed by atoms with Crippen molar-refractivity contribution in [3.8, 4) is 0 Å². The first-order valence-corrected chi connectivity index (χ1v) is 4.64. The molecule has 1 saturated heterocycles. The molecule has 1 heterocycles. The van der Waals surface area contributed by atoms with Crippen molar-refractivity contribution in [1.82, 2.24) is 5.32 Å². The van der Waals surface area contributed by atoms with Crippen molar-refractivity contribution >= 4 is 17.5 Å². The molecular formula is C8H14ClNO. The molecule has 1 fully saturated rings. The normalized spacial score (nSPS) is 30.5. The van der Waals surface area contributed by atoms with Gasteiger partial charge in [-0.1, -0.05) is 0 Å². The molecule has 1 rings (SSSR count). The Labute approximate surface area is 72.3 Å². The Balaban J connectivity index is 2.29. The lowest BCUT2D eigenvalue weighted by Gasteiger charge is -2.02. The lowest BCUT2D eigenvalue weighted by atomic mass is 10.0. The Morgan fingerprint density at radius 2 is 2.45 bits per heavy atom. The predicted molar refractivity (Wildman–Crippen MR) is 45.7 cm³/mol. The van der Waals surface area contributed by atoms with Crippen molar-refractivity contribution in [3.05, 3.63) is 0 Å². The molecule has 0 saturated carbocycles. The fourth-order valence-corrected chi connectivity index (χ4v) is 1.68. The summed E-state index contributed by atoms with van der Waals surface area (Å²) < 4.78 is 0. The van der Waals surface area contributed by atoms with E-state index < -0.39 is 0 Å². The Kier molecular flexibility index (Phi) is 3.18. The van der Waals surface area contributed by atoms with E-state index in [-0.39, 0.29) is 11.8 Å². The average Bonchev–Trinajstić information content (AvgIpc) is 2.26. The molecule has 0 aromatic carbocycles. The van der Waals surface area contributed by atoms with Gasteiger partial charge in [-0.05, 0) is 26.2 Å². The van der Waals surface area contributed by atoms with Gasteiger partial charge in [-0.25, -0.2) is 0 Å². The van der Waals surface area contributed by atoms with Crippen molar-refractivity contribution in [1.29, 1.82) is 0 Å². The molecule has 0 spiro atoms. The molecule has 1 N–H and O–H groups in total. The summed E-state index contributed by atoms with van der Waals surface area (Å²) in [5, 5.41) is 2.89. The van der Waals surface area contributed by atoms with E-state index in [2.05, 4.69) is 5.32 Å². The van der Waals surface area contributed by atoms with Crippen molar-refractivity contribution < 1.29 is 4.79 Å². The summed E-state index contributed by atoms with van der Waals surface area (Å²) in [6.45, 7) is 2.04. The summed E-state index contributed by atoms with van der Waals surface area (Å²) in [6, 6.07) is 0.364. The second-order valence-electron chi connectivity index (χ2n) is 3.17. The van der Waals surface area contributed by atoms with E-state index in [4.69, 9.17) is 11.6 Å². The highest BCUT2D eigenvalue weighted by molar-refractivity contribution is 6.17. The lowest BCUT2D eigenvalue weighted by Crippen LogP contribution is -2.23. The maximum absolute atomic E-state index is 11.1. The smallest absolute Gasteiger partial charge is 0.223 e. The van der Waals surface area contributed by atoms with Gasteiger partial charge in [-0.15, -0.1) is 11.6 Å². The predicted octanol–water partition coefficient (Wildman–Crippen LogP) is 1.53. The van der Waals surface area contributed by atoms with Crippen LogP contribution in [0.15, 0.2) is 0 Å². The summed E-state index contributed by atoms with van der Waals surface area (Å²) in [6.07, 6.45) is 2.88. The van der Waals surface area contributed by atoms with E-state index in [1.165, 1.54) is 0 Å². The summed E-state index contributed by atoms with van der Waals surface area (Å²) in [4.78, 5) is 11.1. The molecule has 0 aliphatic carbocycles. The van der Waals surface area contributed by atoms with Gasteiger partial charge in [-0.3, -0.25) is 4.79 Å². The van der Waals surface area contributed by atoms with E-state index in [0.717, 1.165) is 19.3 Å². The van der Waals surface area contributed by atoms with Gasteiger partial charge in [0.25, 0.3) is 0 Å². The minimum atomic E-state index is 0.211. The Morgan fingerprint density at radius 1 is 1.73 bits per heavy atom. The van der Waals surface area contributed by atoms with Crippen molar-refractivity contribution in [3.63, 3.8) is 0 Å². The van der Waals surface area contributed by atoms with E-state index in [9.17, 15) is 4.79 Å². The van der Waals surface area contributed by atoms with Gasteiger partial charge in [0.2, 0.25) is 5.91 Å². The van der Waals surface area contributed by atoms with Crippen LogP contribution >= 0.6 is 11.6 Å². The van der Waals surface area contributed by atoms with Crippen LogP contribution in [0.25, 0.3) is 0 Å². The molecule has 0 bridgehead atoms. The molecule has 1 aliphatic heterocycles. The molecule has 0 aromatic rings. The second-order valence-corrected chi connectivity index (χ2v) is 3.55. The van der Waals surface area contributed by atoms with E-state index in [0.29, 0.717) is 11.9 Å². The van der Waals surface area contributed by atoms with Crippen LogP contribution in [0.5, 0.6) is 0 Å². The van der Waals surface area contributed by atoms with E-state index in [1.807, 2.05) is 6.92 Å². The van der Waals surface area contributed by atoms with Crippen LogP contribution < -0.4 is 5.32 Å². The number of rotatable bonds is 3. The molecule has 11 heavy (non-hydrogen) atoms. The molecule has 0 radical (unpaired) electrons. The number of carbonyl (C=O) groups is 1. The van der Waals surface area contributed by atoms with Crippen molar-refractivity contribution in [2.75, 3.05) is 5.88 Å².